The summed E-state index contributed by atoms with van der Waals surface area (Å²) in [6.07, 6.45) is 2.17. The van der Waals surface area contributed by atoms with Crippen molar-refractivity contribution in [2.24, 2.45) is 0 Å². The highest BCUT2D eigenvalue weighted by Crippen LogP contribution is 2.22. The normalized spacial score (nSPS) is 14.0. The van der Waals surface area contributed by atoms with Crippen LogP contribution in [0.3, 0.4) is 0 Å². The smallest absolute Gasteiger partial charge is 0.162 e. The molecule has 3 heteroatoms. The number of anilines is 1. The Kier molecular flexibility index (Phi) is 5.35. The number of carbonyl (C=O) groups is 1. The number of carbonyl (C=O) groups excluding carboxylic acids is 1. The zero-order valence-corrected chi connectivity index (χ0v) is 11.5. The summed E-state index contributed by atoms with van der Waals surface area (Å²) in [5, 5.41) is 12.5. The molecule has 2 N–H and O–H groups in total. The maximum atomic E-state index is 11.5. The number of Topliss-reactive ketones (excluding diaryl/α,β-unsaturated/α-hetero) is 1. The van der Waals surface area contributed by atoms with Crippen molar-refractivity contribution in [1.29, 1.82) is 0 Å². The van der Waals surface area contributed by atoms with Crippen molar-refractivity contribution in [3.63, 3.8) is 0 Å². The van der Waals surface area contributed by atoms with E-state index in [1.807, 2.05) is 31.2 Å². The van der Waals surface area contributed by atoms with Gasteiger partial charge in [0, 0.05) is 29.8 Å². The van der Waals surface area contributed by atoms with Gasteiger partial charge in [-0.25, -0.2) is 0 Å². The summed E-state index contributed by atoms with van der Waals surface area (Å²) in [5.41, 5.74) is 1.63. The van der Waals surface area contributed by atoms with Gasteiger partial charge in [-0.2, -0.15) is 0 Å². The average Bonchev–Trinajstić information content (AvgIpc) is 2.39. The molecule has 0 saturated heterocycles. The van der Waals surface area contributed by atoms with E-state index in [1.165, 1.54) is 0 Å². The monoisotopic (exact) mass is 249 g/mol. The lowest BCUT2D eigenvalue weighted by Crippen LogP contribution is -2.34. The summed E-state index contributed by atoms with van der Waals surface area (Å²) >= 11 is 0. The van der Waals surface area contributed by atoms with Gasteiger partial charge < -0.3 is 10.4 Å². The molecule has 0 aliphatic heterocycles. The standard InChI is InChI=1S/C15H23NO2/c1-4-14(18)12-6-8-13(9-7-12)16-15(3,5-2)10-11-17/h6-9,16-17H,4-5,10-11H2,1-3H3. The maximum Gasteiger partial charge on any atom is 0.162 e. The molecule has 0 radical (unpaired) electrons. The van der Waals surface area contributed by atoms with Crippen molar-refractivity contribution in [3.05, 3.63) is 29.8 Å². The minimum Gasteiger partial charge on any atom is -0.396 e. The first-order valence-corrected chi connectivity index (χ1v) is 6.57. The SMILES string of the molecule is CCC(=O)c1ccc(NC(C)(CC)CCO)cc1. The molecule has 1 aromatic carbocycles. The van der Waals surface area contributed by atoms with Crippen molar-refractivity contribution in [2.45, 2.75) is 45.6 Å². The minimum absolute atomic E-state index is 0.106. The van der Waals surface area contributed by atoms with Crippen LogP contribution in [0.4, 0.5) is 5.69 Å². The van der Waals surface area contributed by atoms with E-state index >= 15 is 0 Å². The third-order valence-electron chi connectivity index (χ3n) is 3.42. The topological polar surface area (TPSA) is 49.3 Å². The van der Waals surface area contributed by atoms with Gasteiger partial charge in [0.15, 0.2) is 5.78 Å². The van der Waals surface area contributed by atoms with Crippen LogP contribution < -0.4 is 5.32 Å². The van der Waals surface area contributed by atoms with Crippen LogP contribution in [0.5, 0.6) is 0 Å². The molecule has 0 bridgehead atoms. The third kappa shape index (κ3) is 3.84. The Morgan fingerprint density at radius 3 is 2.33 bits per heavy atom. The zero-order chi connectivity index (χ0) is 13.6. The molecule has 0 aromatic heterocycles. The second kappa shape index (κ2) is 6.55. The van der Waals surface area contributed by atoms with Gasteiger partial charge in [0.05, 0.1) is 0 Å². The first-order valence-electron chi connectivity index (χ1n) is 6.57. The minimum atomic E-state index is -0.106. The number of nitrogens with one attached hydrogen (secondary N) is 1. The highest BCUT2D eigenvalue weighted by atomic mass is 16.3. The fourth-order valence-corrected chi connectivity index (χ4v) is 1.87. The molecule has 100 valence electrons. The molecule has 1 rings (SSSR count). The summed E-state index contributed by atoms with van der Waals surface area (Å²) in [6, 6.07) is 7.55. The van der Waals surface area contributed by atoms with Gasteiger partial charge >= 0.3 is 0 Å². The molecule has 1 aromatic rings. The molecule has 0 saturated carbocycles. The molecule has 18 heavy (non-hydrogen) atoms. The summed E-state index contributed by atoms with van der Waals surface area (Å²) in [7, 11) is 0. The van der Waals surface area contributed by atoms with Crippen LogP contribution in [-0.2, 0) is 0 Å². The van der Waals surface area contributed by atoms with E-state index in [4.69, 9.17) is 5.11 Å². The van der Waals surface area contributed by atoms with Gasteiger partial charge in [0.2, 0.25) is 0 Å². The van der Waals surface area contributed by atoms with E-state index in [9.17, 15) is 4.79 Å². The number of ketones is 1. The molecule has 0 fully saturated rings. The fourth-order valence-electron chi connectivity index (χ4n) is 1.87. The van der Waals surface area contributed by atoms with Crippen LogP contribution in [0.25, 0.3) is 0 Å². The Balaban J connectivity index is 2.76. The molecule has 1 atom stereocenters. The second-order valence-corrected chi connectivity index (χ2v) is 4.87. The van der Waals surface area contributed by atoms with E-state index in [0.717, 1.165) is 17.7 Å². The highest BCUT2D eigenvalue weighted by Gasteiger charge is 2.20. The molecule has 0 heterocycles. The van der Waals surface area contributed by atoms with E-state index in [-0.39, 0.29) is 17.9 Å². The van der Waals surface area contributed by atoms with Gasteiger partial charge in [-0.15, -0.1) is 0 Å². The van der Waals surface area contributed by atoms with Crippen LogP contribution >= 0.6 is 0 Å². The molecule has 0 aliphatic carbocycles. The van der Waals surface area contributed by atoms with E-state index in [1.54, 1.807) is 0 Å². The largest absolute Gasteiger partial charge is 0.396 e. The van der Waals surface area contributed by atoms with Crippen molar-refractivity contribution in [1.82, 2.24) is 0 Å². The van der Waals surface area contributed by atoms with Crippen molar-refractivity contribution < 1.29 is 9.90 Å². The van der Waals surface area contributed by atoms with Crippen molar-refractivity contribution in [2.75, 3.05) is 11.9 Å². The summed E-state index contributed by atoms with van der Waals surface area (Å²) in [4.78, 5) is 11.5. The number of aliphatic hydroxyl groups is 1. The molecular weight excluding hydrogens is 226 g/mol. The zero-order valence-electron chi connectivity index (χ0n) is 11.5. The Morgan fingerprint density at radius 1 is 1.28 bits per heavy atom. The molecule has 0 spiro atoms. The average molecular weight is 249 g/mol. The van der Waals surface area contributed by atoms with Gasteiger partial charge in [0.1, 0.15) is 0 Å². The van der Waals surface area contributed by atoms with Gasteiger partial charge in [-0.05, 0) is 44.0 Å². The van der Waals surface area contributed by atoms with Gasteiger partial charge in [-0.3, -0.25) is 4.79 Å². The second-order valence-electron chi connectivity index (χ2n) is 4.87. The molecule has 0 aliphatic rings. The lowest BCUT2D eigenvalue weighted by Gasteiger charge is -2.30. The number of aliphatic hydroxyl groups excluding tert-OH is 1. The molecule has 1 unspecified atom stereocenters. The number of hydrogen-bond acceptors (Lipinski definition) is 3. The first-order chi connectivity index (χ1) is 8.54. The van der Waals surface area contributed by atoms with Crippen LogP contribution in [0.1, 0.15) is 50.4 Å². The van der Waals surface area contributed by atoms with Gasteiger partial charge in [0.25, 0.3) is 0 Å². The predicted molar refractivity (Wildman–Crippen MR) is 75.1 cm³/mol. The van der Waals surface area contributed by atoms with E-state index in [0.29, 0.717) is 12.8 Å². The molecular formula is C15H23NO2. The number of benzene rings is 1. The van der Waals surface area contributed by atoms with E-state index in [2.05, 4.69) is 19.2 Å². The summed E-state index contributed by atoms with van der Waals surface area (Å²) in [6.45, 7) is 6.22. The van der Waals surface area contributed by atoms with Crippen LogP contribution in [0.2, 0.25) is 0 Å². The Bertz CT molecular complexity index is 386. The Morgan fingerprint density at radius 2 is 1.89 bits per heavy atom. The number of hydrogen-bond donors (Lipinski definition) is 2. The first kappa shape index (κ1) is 14.7. The highest BCUT2D eigenvalue weighted by molar-refractivity contribution is 5.96. The van der Waals surface area contributed by atoms with Crippen LogP contribution in [-0.4, -0.2) is 23.0 Å². The fraction of sp³-hybridized carbons (Fsp3) is 0.533. The van der Waals surface area contributed by atoms with Crippen LogP contribution in [0.15, 0.2) is 24.3 Å². The van der Waals surface area contributed by atoms with Gasteiger partial charge in [-0.1, -0.05) is 13.8 Å². The maximum absolute atomic E-state index is 11.5. The van der Waals surface area contributed by atoms with Crippen molar-refractivity contribution >= 4 is 11.5 Å². The third-order valence-corrected chi connectivity index (χ3v) is 3.42. The lowest BCUT2D eigenvalue weighted by molar-refractivity contribution is 0.0988. The van der Waals surface area contributed by atoms with Crippen LogP contribution in [0, 0.1) is 0 Å². The Labute approximate surface area is 109 Å². The predicted octanol–water partition coefficient (Wildman–Crippen LogP) is 3.24. The number of rotatable bonds is 7. The summed E-state index contributed by atoms with van der Waals surface area (Å²) in [5.74, 6) is 0.162. The lowest BCUT2D eigenvalue weighted by atomic mass is 9.94. The van der Waals surface area contributed by atoms with Crippen molar-refractivity contribution in [3.8, 4) is 0 Å². The van der Waals surface area contributed by atoms with E-state index < -0.39 is 0 Å². The molecule has 3 nitrogen and oxygen atoms in total. The Hall–Kier alpha value is -1.35. The summed E-state index contributed by atoms with van der Waals surface area (Å²) < 4.78 is 0. The quantitative estimate of drug-likeness (QED) is 0.729. The molecule has 0 amide bonds.